The minimum atomic E-state index is -0.376. The maximum absolute atomic E-state index is 13.6. The van der Waals surface area contributed by atoms with Crippen LogP contribution >= 0.6 is 0 Å². The topological polar surface area (TPSA) is 92.5 Å². The summed E-state index contributed by atoms with van der Waals surface area (Å²) >= 11 is 0. The van der Waals surface area contributed by atoms with Crippen LogP contribution in [0, 0.1) is 11.6 Å². The van der Waals surface area contributed by atoms with Crippen LogP contribution in [0.4, 0.5) is 14.6 Å². The molecule has 1 aliphatic heterocycles. The minimum Gasteiger partial charge on any atom is -0.476 e. The smallest absolute Gasteiger partial charge is 0.244 e. The maximum atomic E-state index is 13.6. The van der Waals surface area contributed by atoms with Crippen LogP contribution in [0.3, 0.4) is 0 Å². The van der Waals surface area contributed by atoms with Crippen molar-refractivity contribution >= 4 is 11.7 Å². The number of rotatable bonds is 9. The van der Waals surface area contributed by atoms with Gasteiger partial charge in [-0.25, -0.2) is 28.4 Å². The van der Waals surface area contributed by atoms with Crippen LogP contribution in [0.1, 0.15) is 0 Å². The summed E-state index contributed by atoms with van der Waals surface area (Å²) in [5, 5.41) is 4.55. The third kappa shape index (κ3) is 6.57. The van der Waals surface area contributed by atoms with Gasteiger partial charge in [0.15, 0.2) is 11.6 Å². The Hall–Kier alpha value is -4.45. The highest BCUT2D eigenvalue weighted by Gasteiger charge is 2.24. The van der Waals surface area contributed by atoms with Crippen LogP contribution in [-0.4, -0.2) is 93.9 Å². The van der Waals surface area contributed by atoms with Crippen molar-refractivity contribution in [3.63, 3.8) is 0 Å². The van der Waals surface area contributed by atoms with Crippen LogP contribution < -0.4 is 9.64 Å². The first-order valence-corrected chi connectivity index (χ1v) is 12.9. The fourth-order valence-electron chi connectivity index (χ4n) is 4.31. The second kappa shape index (κ2) is 12.2. The molecule has 12 heteroatoms. The van der Waals surface area contributed by atoms with E-state index in [0.29, 0.717) is 61.4 Å². The molecule has 5 rings (SSSR count). The lowest BCUT2D eigenvalue weighted by Crippen LogP contribution is -2.50. The fraction of sp³-hybridized carbons (Fsp3) is 0.321. The summed E-state index contributed by atoms with van der Waals surface area (Å²) in [6, 6.07) is 13.5. The number of aromatic nitrogens is 5. The molecule has 40 heavy (non-hydrogen) atoms. The van der Waals surface area contributed by atoms with Gasteiger partial charge in [-0.05, 0) is 62.6 Å². The molecule has 4 aromatic rings. The highest BCUT2D eigenvalue weighted by Crippen LogP contribution is 2.24. The van der Waals surface area contributed by atoms with Crippen molar-refractivity contribution in [1.29, 1.82) is 0 Å². The number of piperazine rings is 1. The van der Waals surface area contributed by atoms with Crippen molar-refractivity contribution in [2.45, 2.75) is 6.54 Å². The Kier molecular flexibility index (Phi) is 8.25. The molecule has 1 saturated heterocycles. The largest absolute Gasteiger partial charge is 0.476 e. The average molecular weight is 549 g/mol. The quantitative estimate of drug-likeness (QED) is 0.315. The molecule has 0 unspecified atom stereocenters. The van der Waals surface area contributed by atoms with Crippen molar-refractivity contribution in [1.82, 2.24) is 34.5 Å². The number of amides is 1. The highest BCUT2D eigenvalue weighted by molar-refractivity contribution is 5.77. The number of carbonyl (C=O) groups excluding carboxylic acids is 1. The van der Waals surface area contributed by atoms with E-state index in [1.807, 2.05) is 25.1 Å². The van der Waals surface area contributed by atoms with Gasteiger partial charge in [0.25, 0.3) is 0 Å². The highest BCUT2D eigenvalue weighted by atomic mass is 19.1. The molecule has 1 amide bonds. The molecule has 3 heterocycles. The molecule has 2 aromatic heterocycles. The van der Waals surface area contributed by atoms with E-state index in [2.05, 4.69) is 25.0 Å². The number of likely N-dealkylation sites (N-methyl/N-ethyl adjacent to an activating group) is 1. The van der Waals surface area contributed by atoms with Gasteiger partial charge in [-0.2, -0.15) is 0 Å². The molecule has 0 aliphatic carbocycles. The van der Waals surface area contributed by atoms with E-state index in [-0.39, 0.29) is 24.1 Å². The van der Waals surface area contributed by atoms with Gasteiger partial charge in [0.05, 0.1) is 0 Å². The Balaban J connectivity index is 1.26. The Bertz CT molecular complexity index is 1440. The second-order valence-electron chi connectivity index (χ2n) is 9.66. The summed E-state index contributed by atoms with van der Waals surface area (Å²) in [7, 11) is 3.96. The molecule has 1 fully saturated rings. The normalized spacial score (nSPS) is 13.6. The standard InChI is InChI=1S/C28H30F2N8O2/c1-35(2)15-16-40-25-17-24(31-19-32-25)36-11-13-37(14-12-36)26(39)18-38-28(21-5-9-23(30)10-6-21)33-27(34-38)20-3-7-22(29)8-4-20/h3-10,17,19H,11-16,18H2,1-2H3. The van der Waals surface area contributed by atoms with Gasteiger partial charge in [-0.1, -0.05) is 0 Å². The van der Waals surface area contributed by atoms with E-state index in [1.54, 1.807) is 29.2 Å². The zero-order chi connectivity index (χ0) is 28.1. The predicted molar refractivity (Wildman–Crippen MR) is 146 cm³/mol. The number of hydrogen-bond donors (Lipinski definition) is 0. The van der Waals surface area contributed by atoms with Crippen LogP contribution in [-0.2, 0) is 11.3 Å². The average Bonchev–Trinajstić information content (AvgIpc) is 3.37. The van der Waals surface area contributed by atoms with Gasteiger partial charge in [0.2, 0.25) is 11.8 Å². The Morgan fingerprint density at radius 2 is 1.57 bits per heavy atom. The Morgan fingerprint density at radius 3 is 2.23 bits per heavy atom. The van der Waals surface area contributed by atoms with Crippen molar-refractivity contribution in [3.8, 4) is 28.7 Å². The lowest BCUT2D eigenvalue weighted by atomic mass is 10.2. The number of carbonyl (C=O) groups is 1. The van der Waals surface area contributed by atoms with Crippen LogP contribution in [0.5, 0.6) is 5.88 Å². The zero-order valence-corrected chi connectivity index (χ0v) is 22.4. The van der Waals surface area contributed by atoms with Gasteiger partial charge in [0.1, 0.15) is 36.9 Å². The van der Waals surface area contributed by atoms with E-state index in [1.165, 1.54) is 35.3 Å². The number of nitrogens with zero attached hydrogens (tertiary/aromatic N) is 8. The van der Waals surface area contributed by atoms with E-state index < -0.39 is 0 Å². The first kappa shape index (κ1) is 27.1. The van der Waals surface area contributed by atoms with Gasteiger partial charge in [-0.3, -0.25) is 4.79 Å². The summed E-state index contributed by atoms with van der Waals surface area (Å²) < 4.78 is 34.3. The van der Waals surface area contributed by atoms with E-state index in [4.69, 9.17) is 4.74 Å². The first-order valence-electron chi connectivity index (χ1n) is 12.9. The lowest BCUT2D eigenvalue weighted by molar-refractivity contribution is -0.132. The fourth-order valence-corrected chi connectivity index (χ4v) is 4.31. The zero-order valence-electron chi connectivity index (χ0n) is 22.4. The van der Waals surface area contributed by atoms with Gasteiger partial charge >= 0.3 is 0 Å². The summed E-state index contributed by atoms with van der Waals surface area (Å²) in [6.45, 7) is 3.47. The van der Waals surface area contributed by atoms with Gasteiger partial charge in [0, 0.05) is 49.9 Å². The maximum Gasteiger partial charge on any atom is 0.244 e. The summed E-state index contributed by atoms with van der Waals surface area (Å²) in [5.41, 5.74) is 1.23. The number of anilines is 1. The van der Waals surface area contributed by atoms with Gasteiger partial charge < -0.3 is 19.4 Å². The number of halogens is 2. The summed E-state index contributed by atoms with van der Waals surface area (Å²) in [5.74, 6) is 1.18. The Morgan fingerprint density at radius 1 is 0.925 bits per heavy atom. The van der Waals surface area contributed by atoms with Crippen LogP contribution in [0.15, 0.2) is 60.9 Å². The van der Waals surface area contributed by atoms with E-state index in [9.17, 15) is 13.6 Å². The summed E-state index contributed by atoms with van der Waals surface area (Å²) in [4.78, 5) is 32.4. The monoisotopic (exact) mass is 548 g/mol. The van der Waals surface area contributed by atoms with E-state index in [0.717, 1.165) is 12.4 Å². The molecule has 1 aliphatic rings. The lowest BCUT2D eigenvalue weighted by Gasteiger charge is -2.35. The molecule has 0 spiro atoms. The molecule has 0 saturated carbocycles. The number of ether oxygens (including phenoxy) is 1. The molecular weight excluding hydrogens is 518 g/mol. The molecular formula is C28H30F2N8O2. The molecule has 10 nitrogen and oxygen atoms in total. The van der Waals surface area contributed by atoms with Crippen molar-refractivity contribution < 1.29 is 18.3 Å². The molecule has 0 bridgehead atoms. The molecule has 0 radical (unpaired) electrons. The van der Waals surface area contributed by atoms with Crippen LogP contribution in [0.2, 0.25) is 0 Å². The first-order chi connectivity index (χ1) is 19.4. The molecule has 208 valence electrons. The SMILES string of the molecule is CN(C)CCOc1cc(N2CCN(C(=O)Cn3nc(-c4ccc(F)cc4)nc3-c3ccc(F)cc3)CC2)ncn1. The van der Waals surface area contributed by atoms with Crippen molar-refractivity contribution in [3.05, 3.63) is 72.6 Å². The van der Waals surface area contributed by atoms with Crippen molar-refractivity contribution in [2.24, 2.45) is 0 Å². The number of benzene rings is 2. The third-order valence-electron chi connectivity index (χ3n) is 6.53. The summed E-state index contributed by atoms with van der Waals surface area (Å²) in [6.07, 6.45) is 1.48. The van der Waals surface area contributed by atoms with Crippen LogP contribution in [0.25, 0.3) is 22.8 Å². The van der Waals surface area contributed by atoms with Crippen molar-refractivity contribution in [2.75, 3.05) is 58.3 Å². The third-order valence-corrected chi connectivity index (χ3v) is 6.53. The minimum absolute atomic E-state index is 0.0434. The Labute approximate surface area is 230 Å². The van der Waals surface area contributed by atoms with E-state index >= 15 is 0 Å². The molecule has 2 aromatic carbocycles. The molecule has 0 N–H and O–H groups in total. The second-order valence-corrected chi connectivity index (χ2v) is 9.66. The molecule has 0 atom stereocenters. The number of hydrogen-bond acceptors (Lipinski definition) is 8. The van der Waals surface area contributed by atoms with Gasteiger partial charge in [-0.15, -0.1) is 5.10 Å². The predicted octanol–water partition coefficient (Wildman–Crippen LogP) is 2.97.